The van der Waals surface area contributed by atoms with Gasteiger partial charge in [-0.15, -0.1) is 0 Å². The van der Waals surface area contributed by atoms with Crippen LogP contribution in [0.5, 0.6) is 0 Å². The molecule has 5 nitrogen and oxygen atoms in total. The predicted octanol–water partition coefficient (Wildman–Crippen LogP) is 0.806. The van der Waals surface area contributed by atoms with E-state index in [1.807, 2.05) is 19.0 Å². The second kappa shape index (κ2) is 4.72. The highest BCUT2D eigenvalue weighted by molar-refractivity contribution is 5.69. The minimum absolute atomic E-state index is 0.421. The third kappa shape index (κ3) is 3.19. The van der Waals surface area contributed by atoms with Crippen molar-refractivity contribution in [2.24, 2.45) is 5.92 Å². The highest BCUT2D eigenvalue weighted by Gasteiger charge is 2.13. The van der Waals surface area contributed by atoms with Crippen LogP contribution in [0.2, 0.25) is 0 Å². The van der Waals surface area contributed by atoms with Crippen LogP contribution in [0.4, 0.5) is 5.82 Å². The quantitative estimate of drug-likeness (QED) is 0.794. The molecule has 0 aliphatic heterocycles. The van der Waals surface area contributed by atoms with E-state index in [1.54, 1.807) is 13.0 Å². The summed E-state index contributed by atoms with van der Waals surface area (Å²) in [6.07, 6.45) is 1.89. The van der Waals surface area contributed by atoms with Crippen molar-refractivity contribution in [3.63, 3.8) is 0 Å². The van der Waals surface area contributed by atoms with Gasteiger partial charge in [-0.1, -0.05) is 6.92 Å². The van der Waals surface area contributed by atoms with E-state index < -0.39 is 11.9 Å². The van der Waals surface area contributed by atoms with Crippen LogP contribution in [-0.4, -0.2) is 35.1 Å². The van der Waals surface area contributed by atoms with Crippen LogP contribution in [0, 0.1) is 5.92 Å². The van der Waals surface area contributed by atoms with Gasteiger partial charge in [0.15, 0.2) is 0 Å². The average Bonchev–Trinajstić information content (AvgIpc) is 2.18. The van der Waals surface area contributed by atoms with Gasteiger partial charge in [-0.05, 0) is 0 Å². The third-order valence-electron chi connectivity index (χ3n) is 2.10. The fourth-order valence-corrected chi connectivity index (χ4v) is 1.14. The van der Waals surface area contributed by atoms with Crippen LogP contribution in [0.25, 0.3) is 0 Å². The second-order valence-electron chi connectivity index (χ2n) is 3.71. The molecular weight excluding hydrogens is 194 g/mol. The minimum atomic E-state index is -0.806. The molecule has 15 heavy (non-hydrogen) atoms. The lowest BCUT2D eigenvalue weighted by molar-refractivity contribution is -0.141. The smallest absolute Gasteiger partial charge is 0.306 e. The molecule has 82 valence electrons. The molecule has 0 amide bonds. The maximum Gasteiger partial charge on any atom is 0.306 e. The molecule has 1 aromatic heterocycles. The van der Waals surface area contributed by atoms with Gasteiger partial charge in [-0.25, -0.2) is 9.97 Å². The number of nitrogens with zero attached hydrogens (tertiary/aromatic N) is 3. The molecule has 0 spiro atoms. The van der Waals surface area contributed by atoms with Gasteiger partial charge >= 0.3 is 5.97 Å². The fraction of sp³-hybridized carbons (Fsp3) is 0.500. The molecule has 0 fully saturated rings. The Bertz CT molecular complexity index is 352. The van der Waals surface area contributed by atoms with E-state index in [0.717, 1.165) is 11.5 Å². The Morgan fingerprint density at radius 1 is 1.53 bits per heavy atom. The standard InChI is InChI=1S/C10H15N3O2/c1-7(10(14)15)4-8-5-9(13(2)3)12-6-11-8/h5-7H,4H2,1-3H3,(H,14,15). The van der Waals surface area contributed by atoms with Crippen molar-refractivity contribution in [1.82, 2.24) is 9.97 Å². The van der Waals surface area contributed by atoms with Gasteiger partial charge in [-0.3, -0.25) is 4.79 Å². The largest absolute Gasteiger partial charge is 0.481 e. The monoisotopic (exact) mass is 209 g/mol. The molecule has 1 rings (SSSR count). The first kappa shape index (κ1) is 11.4. The van der Waals surface area contributed by atoms with Crippen LogP contribution >= 0.6 is 0 Å². The highest BCUT2D eigenvalue weighted by Crippen LogP contribution is 2.11. The summed E-state index contributed by atoms with van der Waals surface area (Å²) in [6.45, 7) is 1.67. The summed E-state index contributed by atoms with van der Waals surface area (Å²) in [5.41, 5.74) is 0.753. The number of hydrogen-bond donors (Lipinski definition) is 1. The molecular formula is C10H15N3O2. The van der Waals surface area contributed by atoms with E-state index in [2.05, 4.69) is 9.97 Å². The zero-order valence-corrected chi connectivity index (χ0v) is 9.14. The maximum atomic E-state index is 10.7. The van der Waals surface area contributed by atoms with E-state index in [9.17, 15) is 4.79 Å². The topological polar surface area (TPSA) is 66.3 Å². The number of carboxylic acid groups (broad SMARTS) is 1. The Morgan fingerprint density at radius 2 is 2.20 bits per heavy atom. The van der Waals surface area contributed by atoms with Gasteiger partial charge in [0, 0.05) is 32.3 Å². The van der Waals surface area contributed by atoms with Gasteiger partial charge < -0.3 is 10.0 Å². The van der Waals surface area contributed by atoms with Crippen molar-refractivity contribution >= 4 is 11.8 Å². The molecule has 1 N–H and O–H groups in total. The Kier molecular flexibility index (Phi) is 3.60. The van der Waals surface area contributed by atoms with Crippen molar-refractivity contribution in [2.45, 2.75) is 13.3 Å². The van der Waals surface area contributed by atoms with Crippen molar-refractivity contribution in [1.29, 1.82) is 0 Å². The molecule has 0 radical (unpaired) electrons. The summed E-state index contributed by atoms with van der Waals surface area (Å²) in [5.74, 6) is -0.437. The Balaban J connectivity index is 2.78. The molecule has 0 aliphatic rings. The number of aromatic nitrogens is 2. The Hall–Kier alpha value is -1.65. The summed E-state index contributed by atoms with van der Waals surface area (Å²) in [6, 6.07) is 1.80. The van der Waals surface area contributed by atoms with Gasteiger partial charge in [0.05, 0.1) is 5.92 Å². The van der Waals surface area contributed by atoms with Gasteiger partial charge in [0.2, 0.25) is 0 Å². The lowest BCUT2D eigenvalue weighted by Crippen LogP contribution is -2.15. The summed E-state index contributed by atoms with van der Waals surface area (Å²) in [4.78, 5) is 20.6. The van der Waals surface area contributed by atoms with Gasteiger partial charge in [0.1, 0.15) is 12.1 Å². The lowest BCUT2D eigenvalue weighted by Gasteiger charge is -2.12. The first-order chi connectivity index (χ1) is 7.00. The highest BCUT2D eigenvalue weighted by atomic mass is 16.4. The molecule has 0 saturated carbocycles. The predicted molar refractivity (Wildman–Crippen MR) is 56.9 cm³/mol. The number of carbonyl (C=O) groups is 1. The van der Waals surface area contributed by atoms with Crippen LogP contribution in [0.15, 0.2) is 12.4 Å². The summed E-state index contributed by atoms with van der Waals surface area (Å²) in [5, 5.41) is 8.77. The van der Waals surface area contributed by atoms with Crippen LogP contribution in [-0.2, 0) is 11.2 Å². The fourth-order valence-electron chi connectivity index (χ4n) is 1.14. The number of rotatable bonds is 4. The molecule has 1 heterocycles. The van der Waals surface area contributed by atoms with Crippen molar-refractivity contribution in [3.05, 3.63) is 18.1 Å². The van der Waals surface area contributed by atoms with E-state index in [4.69, 9.17) is 5.11 Å². The Morgan fingerprint density at radius 3 is 2.73 bits per heavy atom. The maximum absolute atomic E-state index is 10.7. The van der Waals surface area contributed by atoms with Crippen molar-refractivity contribution < 1.29 is 9.90 Å². The van der Waals surface area contributed by atoms with Crippen molar-refractivity contribution in [3.8, 4) is 0 Å². The second-order valence-corrected chi connectivity index (χ2v) is 3.71. The first-order valence-corrected chi connectivity index (χ1v) is 4.71. The Labute approximate surface area is 88.8 Å². The third-order valence-corrected chi connectivity index (χ3v) is 2.10. The number of anilines is 1. The molecule has 1 aromatic rings. The van der Waals surface area contributed by atoms with E-state index in [1.165, 1.54) is 6.33 Å². The molecule has 0 saturated heterocycles. The lowest BCUT2D eigenvalue weighted by atomic mass is 10.1. The minimum Gasteiger partial charge on any atom is -0.481 e. The summed E-state index contributed by atoms with van der Waals surface area (Å²) < 4.78 is 0. The van der Waals surface area contributed by atoms with E-state index in [-0.39, 0.29) is 0 Å². The molecule has 5 heteroatoms. The number of carboxylic acids is 1. The van der Waals surface area contributed by atoms with Gasteiger partial charge in [-0.2, -0.15) is 0 Å². The van der Waals surface area contributed by atoms with Crippen molar-refractivity contribution in [2.75, 3.05) is 19.0 Å². The van der Waals surface area contributed by atoms with Crippen LogP contribution < -0.4 is 4.90 Å². The van der Waals surface area contributed by atoms with E-state index >= 15 is 0 Å². The van der Waals surface area contributed by atoms with Crippen LogP contribution in [0.1, 0.15) is 12.6 Å². The molecule has 0 aromatic carbocycles. The SMILES string of the molecule is CC(Cc1cc(N(C)C)ncn1)C(=O)O. The summed E-state index contributed by atoms with van der Waals surface area (Å²) >= 11 is 0. The molecule has 0 bridgehead atoms. The normalized spacial score (nSPS) is 12.2. The number of hydrogen-bond acceptors (Lipinski definition) is 4. The average molecular weight is 209 g/mol. The van der Waals surface area contributed by atoms with Crippen LogP contribution in [0.3, 0.4) is 0 Å². The molecule has 1 unspecified atom stereocenters. The summed E-state index contributed by atoms with van der Waals surface area (Å²) in [7, 11) is 3.76. The zero-order chi connectivity index (χ0) is 11.4. The molecule has 0 aliphatic carbocycles. The number of aliphatic carboxylic acids is 1. The first-order valence-electron chi connectivity index (χ1n) is 4.71. The zero-order valence-electron chi connectivity index (χ0n) is 9.14. The molecule has 1 atom stereocenters. The van der Waals surface area contributed by atoms with E-state index in [0.29, 0.717) is 6.42 Å². The van der Waals surface area contributed by atoms with Gasteiger partial charge in [0.25, 0.3) is 0 Å².